The molecule has 0 saturated heterocycles. The third-order valence-corrected chi connectivity index (χ3v) is 5.02. The maximum absolute atomic E-state index is 9.25. The first-order valence-electron chi connectivity index (χ1n) is 9.23. The van der Waals surface area contributed by atoms with E-state index in [-0.39, 0.29) is 12.6 Å². The van der Waals surface area contributed by atoms with E-state index >= 15 is 0 Å². The van der Waals surface area contributed by atoms with Crippen LogP contribution in [0.4, 0.5) is 0 Å². The van der Waals surface area contributed by atoms with Gasteiger partial charge in [-0.15, -0.1) is 19.2 Å². The molecule has 148 valence electrons. The standard InChI is InChI=1S/C20H31N5OS/c1-6-17(12-25(5)24-22-10-14(3)26)23-15(4)19-13(2)9-16-11-21-8-7-18(16)20(19)27/h6,9,14,17,21,23,26-27H,1,4,7-8,10-12H2,2-3,5H3. The van der Waals surface area contributed by atoms with Gasteiger partial charge in [0.05, 0.1) is 25.2 Å². The average molecular weight is 390 g/mol. The molecule has 0 amide bonds. The molecular formula is C20H31N5OS. The Morgan fingerprint density at radius 1 is 1.56 bits per heavy atom. The number of hydrogen-bond donors (Lipinski definition) is 4. The van der Waals surface area contributed by atoms with Gasteiger partial charge in [-0.3, -0.25) is 5.01 Å². The second-order valence-electron chi connectivity index (χ2n) is 7.05. The molecule has 0 radical (unpaired) electrons. The van der Waals surface area contributed by atoms with Crippen molar-refractivity contribution in [1.82, 2.24) is 15.6 Å². The van der Waals surface area contributed by atoms with Crippen LogP contribution in [0.2, 0.25) is 0 Å². The van der Waals surface area contributed by atoms with Crippen molar-refractivity contribution in [3.63, 3.8) is 0 Å². The summed E-state index contributed by atoms with van der Waals surface area (Å²) in [5.74, 6) is 0. The first kappa shape index (κ1) is 21.5. The largest absolute Gasteiger partial charge is 0.391 e. The third kappa shape index (κ3) is 5.82. The number of aliphatic hydroxyl groups excluding tert-OH is 1. The molecule has 2 rings (SSSR count). The number of thiol groups is 1. The maximum Gasteiger partial charge on any atom is 0.0877 e. The average Bonchev–Trinajstić information content (AvgIpc) is 2.60. The molecular weight excluding hydrogens is 358 g/mol. The van der Waals surface area contributed by atoms with Gasteiger partial charge in [0.15, 0.2) is 0 Å². The smallest absolute Gasteiger partial charge is 0.0877 e. The number of hydrogen-bond acceptors (Lipinski definition) is 6. The van der Waals surface area contributed by atoms with Crippen LogP contribution in [0, 0.1) is 6.92 Å². The van der Waals surface area contributed by atoms with E-state index in [1.807, 2.05) is 13.1 Å². The van der Waals surface area contributed by atoms with Crippen LogP contribution in [-0.4, -0.2) is 48.9 Å². The molecule has 2 unspecified atom stereocenters. The van der Waals surface area contributed by atoms with E-state index in [0.29, 0.717) is 6.54 Å². The fourth-order valence-corrected chi connectivity index (χ4v) is 3.79. The fourth-order valence-electron chi connectivity index (χ4n) is 3.22. The predicted molar refractivity (Wildman–Crippen MR) is 114 cm³/mol. The highest BCUT2D eigenvalue weighted by atomic mass is 32.1. The topological polar surface area (TPSA) is 72.2 Å². The van der Waals surface area contributed by atoms with E-state index in [0.717, 1.165) is 41.2 Å². The number of nitrogens with one attached hydrogen (secondary N) is 2. The zero-order valence-electron chi connectivity index (χ0n) is 16.5. The van der Waals surface area contributed by atoms with Gasteiger partial charge in [0.1, 0.15) is 0 Å². The Labute approximate surface area is 167 Å². The highest BCUT2D eigenvalue weighted by Gasteiger charge is 2.19. The first-order valence-corrected chi connectivity index (χ1v) is 9.68. The third-order valence-electron chi connectivity index (χ3n) is 4.53. The summed E-state index contributed by atoms with van der Waals surface area (Å²) in [6.45, 7) is 14.7. The van der Waals surface area contributed by atoms with Crippen LogP contribution in [-0.2, 0) is 13.0 Å². The summed E-state index contributed by atoms with van der Waals surface area (Å²) in [6, 6.07) is 2.18. The Balaban J connectivity index is 2.08. The van der Waals surface area contributed by atoms with Crippen molar-refractivity contribution in [3.8, 4) is 0 Å². The minimum atomic E-state index is -0.494. The van der Waals surface area contributed by atoms with Crippen molar-refractivity contribution in [2.45, 2.75) is 43.9 Å². The SMILES string of the molecule is C=CC(CN(C)N=NCC(C)O)NC(=C)c1c(C)cc2c(c1S)CCNC2. The number of rotatable bonds is 9. The summed E-state index contributed by atoms with van der Waals surface area (Å²) in [5.41, 5.74) is 5.67. The molecule has 1 aliphatic heterocycles. The lowest BCUT2D eigenvalue weighted by Crippen LogP contribution is -2.35. The summed E-state index contributed by atoms with van der Waals surface area (Å²) in [7, 11) is 1.84. The molecule has 0 fully saturated rings. The number of benzene rings is 1. The molecule has 0 bridgehead atoms. The molecule has 0 saturated carbocycles. The van der Waals surface area contributed by atoms with Crippen LogP contribution < -0.4 is 10.6 Å². The molecule has 3 N–H and O–H groups in total. The van der Waals surface area contributed by atoms with Crippen molar-refractivity contribution < 1.29 is 5.11 Å². The van der Waals surface area contributed by atoms with E-state index in [1.165, 1.54) is 11.1 Å². The minimum Gasteiger partial charge on any atom is -0.391 e. The molecule has 0 aliphatic carbocycles. The molecule has 1 aliphatic rings. The zero-order chi connectivity index (χ0) is 20.0. The zero-order valence-corrected chi connectivity index (χ0v) is 17.4. The Kier molecular flexibility index (Phi) is 7.89. The van der Waals surface area contributed by atoms with Crippen LogP contribution in [0.3, 0.4) is 0 Å². The van der Waals surface area contributed by atoms with Gasteiger partial charge >= 0.3 is 0 Å². The second-order valence-corrected chi connectivity index (χ2v) is 7.50. The van der Waals surface area contributed by atoms with Gasteiger partial charge in [-0.05, 0) is 43.5 Å². The number of fused-ring (bicyclic) bond motifs is 1. The minimum absolute atomic E-state index is 0.0437. The lowest BCUT2D eigenvalue weighted by Gasteiger charge is -2.26. The molecule has 7 heteroatoms. The molecule has 27 heavy (non-hydrogen) atoms. The Morgan fingerprint density at radius 2 is 2.30 bits per heavy atom. The van der Waals surface area contributed by atoms with E-state index in [9.17, 15) is 5.11 Å². The van der Waals surface area contributed by atoms with Crippen LogP contribution in [0.5, 0.6) is 0 Å². The van der Waals surface area contributed by atoms with E-state index < -0.39 is 6.10 Å². The Bertz CT molecular complexity index is 717. The number of aliphatic hydroxyl groups is 1. The highest BCUT2D eigenvalue weighted by molar-refractivity contribution is 7.80. The van der Waals surface area contributed by atoms with Crippen LogP contribution >= 0.6 is 12.6 Å². The van der Waals surface area contributed by atoms with Gasteiger partial charge in [-0.25, -0.2) is 0 Å². The Morgan fingerprint density at radius 3 is 2.96 bits per heavy atom. The van der Waals surface area contributed by atoms with Gasteiger partial charge in [-0.2, -0.15) is 5.11 Å². The quantitative estimate of drug-likeness (QED) is 0.227. The van der Waals surface area contributed by atoms with Gasteiger partial charge in [0.25, 0.3) is 0 Å². The summed E-state index contributed by atoms with van der Waals surface area (Å²) >= 11 is 4.82. The molecule has 0 spiro atoms. The fraction of sp³-hybridized carbons (Fsp3) is 0.500. The second kappa shape index (κ2) is 9.92. The normalized spacial score (nSPS) is 15.9. The van der Waals surface area contributed by atoms with Crippen molar-refractivity contribution >= 4 is 18.3 Å². The summed E-state index contributed by atoms with van der Waals surface area (Å²) in [6.07, 6.45) is 2.32. The monoisotopic (exact) mass is 389 g/mol. The van der Waals surface area contributed by atoms with Gasteiger partial charge in [0, 0.05) is 29.7 Å². The molecule has 1 aromatic carbocycles. The van der Waals surface area contributed by atoms with Crippen molar-refractivity contribution in [3.05, 3.63) is 47.6 Å². The van der Waals surface area contributed by atoms with Crippen LogP contribution in [0.1, 0.15) is 29.2 Å². The summed E-state index contributed by atoms with van der Waals surface area (Å²) in [5, 5.41) is 25.9. The molecule has 2 atom stereocenters. The molecule has 1 heterocycles. The maximum atomic E-state index is 9.25. The lowest BCUT2D eigenvalue weighted by atomic mass is 9.93. The van der Waals surface area contributed by atoms with E-state index in [2.05, 4.69) is 47.1 Å². The van der Waals surface area contributed by atoms with Crippen molar-refractivity contribution in [1.29, 1.82) is 0 Å². The van der Waals surface area contributed by atoms with Crippen molar-refractivity contribution in [2.24, 2.45) is 10.3 Å². The summed E-state index contributed by atoms with van der Waals surface area (Å²) < 4.78 is 0. The van der Waals surface area contributed by atoms with Crippen LogP contribution in [0.15, 0.2) is 40.5 Å². The van der Waals surface area contributed by atoms with Crippen LogP contribution in [0.25, 0.3) is 5.70 Å². The van der Waals surface area contributed by atoms with Gasteiger partial charge in [-0.1, -0.05) is 23.9 Å². The number of aryl methyl sites for hydroxylation is 1. The number of nitrogens with zero attached hydrogens (tertiary/aromatic N) is 3. The van der Waals surface area contributed by atoms with E-state index in [1.54, 1.807) is 11.9 Å². The Hall–Kier alpha value is -1.83. The van der Waals surface area contributed by atoms with E-state index in [4.69, 9.17) is 12.6 Å². The molecule has 6 nitrogen and oxygen atoms in total. The van der Waals surface area contributed by atoms with Gasteiger partial charge < -0.3 is 15.7 Å². The molecule has 1 aromatic rings. The molecule has 0 aromatic heterocycles. The summed E-state index contributed by atoms with van der Waals surface area (Å²) in [4.78, 5) is 1.01. The first-order chi connectivity index (χ1) is 12.8. The lowest BCUT2D eigenvalue weighted by molar-refractivity contribution is 0.196. The highest BCUT2D eigenvalue weighted by Crippen LogP contribution is 2.32. The van der Waals surface area contributed by atoms with Gasteiger partial charge in [0.2, 0.25) is 0 Å². The van der Waals surface area contributed by atoms with Crippen molar-refractivity contribution in [2.75, 3.05) is 26.7 Å². The predicted octanol–water partition coefficient (Wildman–Crippen LogP) is 2.72. The number of likely N-dealkylation sites (N-methyl/N-ethyl adjacent to an activating group) is 1.